The summed E-state index contributed by atoms with van der Waals surface area (Å²) in [4.78, 5) is 1.89. The lowest BCUT2D eigenvalue weighted by Crippen LogP contribution is -2.50. The van der Waals surface area contributed by atoms with Crippen molar-refractivity contribution in [2.75, 3.05) is 32.8 Å². The summed E-state index contributed by atoms with van der Waals surface area (Å²) in [5.74, 6) is -1.27. The predicted molar refractivity (Wildman–Crippen MR) is 79.5 cm³/mol. The van der Waals surface area contributed by atoms with E-state index < -0.39 is 29.0 Å². The molecule has 1 aliphatic rings. The Labute approximate surface area is 133 Å². The van der Waals surface area contributed by atoms with Crippen LogP contribution in [0.4, 0.5) is 17.6 Å². The molecule has 1 aromatic carbocycles. The molecule has 1 fully saturated rings. The van der Waals surface area contributed by atoms with Gasteiger partial charge in [0.1, 0.15) is 5.82 Å². The molecule has 1 aliphatic heterocycles. The molecule has 1 atom stereocenters. The summed E-state index contributed by atoms with van der Waals surface area (Å²) in [6.07, 6.45) is -4.78. The van der Waals surface area contributed by atoms with Gasteiger partial charge in [-0.2, -0.15) is 13.2 Å². The quantitative estimate of drug-likeness (QED) is 0.831. The lowest BCUT2D eigenvalue weighted by Gasteiger charge is -2.44. The smallest absolute Gasteiger partial charge is 0.396 e. The first kappa shape index (κ1) is 18.2. The average Bonchev–Trinajstić information content (AvgIpc) is 2.47. The van der Waals surface area contributed by atoms with Gasteiger partial charge < -0.3 is 10.4 Å². The number of alkyl halides is 3. The standard InChI is InChI=1S/C16H22F4N2O/c1-15(2,10-23)14(22-8-6-21-7-9-22)11-4-3-5-12(17)13(11)16(18,19)20/h3-5,14,21,23H,6-10H2,1-2H3/t14-/m1/s1. The molecule has 0 aromatic heterocycles. The number of nitrogens with one attached hydrogen (secondary N) is 1. The molecule has 0 aliphatic carbocycles. The van der Waals surface area contributed by atoms with Crippen LogP contribution < -0.4 is 5.32 Å². The van der Waals surface area contributed by atoms with E-state index in [0.29, 0.717) is 26.2 Å². The number of rotatable bonds is 4. The minimum absolute atomic E-state index is 0.113. The Morgan fingerprint density at radius 2 is 1.83 bits per heavy atom. The van der Waals surface area contributed by atoms with Crippen molar-refractivity contribution < 1.29 is 22.7 Å². The van der Waals surface area contributed by atoms with E-state index in [9.17, 15) is 22.7 Å². The van der Waals surface area contributed by atoms with Crippen LogP contribution in [0.5, 0.6) is 0 Å². The first-order valence-electron chi connectivity index (χ1n) is 7.59. The molecule has 3 nitrogen and oxygen atoms in total. The van der Waals surface area contributed by atoms with Gasteiger partial charge in [-0.3, -0.25) is 4.90 Å². The minimum Gasteiger partial charge on any atom is -0.396 e. The molecule has 0 unspecified atom stereocenters. The van der Waals surface area contributed by atoms with Gasteiger partial charge in [0.05, 0.1) is 5.56 Å². The van der Waals surface area contributed by atoms with Crippen molar-refractivity contribution in [1.82, 2.24) is 10.2 Å². The zero-order valence-corrected chi connectivity index (χ0v) is 13.3. The Morgan fingerprint density at radius 1 is 1.22 bits per heavy atom. The molecule has 2 rings (SSSR count). The van der Waals surface area contributed by atoms with Gasteiger partial charge in [0, 0.05) is 44.2 Å². The molecule has 0 amide bonds. The number of nitrogens with zero attached hydrogens (tertiary/aromatic N) is 1. The Balaban J connectivity index is 2.58. The van der Waals surface area contributed by atoms with E-state index >= 15 is 0 Å². The van der Waals surface area contributed by atoms with Gasteiger partial charge in [-0.25, -0.2) is 4.39 Å². The van der Waals surface area contributed by atoms with Crippen molar-refractivity contribution in [3.05, 3.63) is 35.1 Å². The third-order valence-corrected chi connectivity index (χ3v) is 4.29. The van der Waals surface area contributed by atoms with E-state index in [0.717, 1.165) is 6.07 Å². The normalized spacial score (nSPS) is 18.9. The summed E-state index contributed by atoms with van der Waals surface area (Å²) in [5, 5.41) is 12.8. The highest BCUT2D eigenvalue weighted by Crippen LogP contribution is 2.44. The zero-order valence-electron chi connectivity index (χ0n) is 13.3. The maximum atomic E-state index is 14.0. The second-order valence-corrected chi connectivity index (χ2v) is 6.54. The van der Waals surface area contributed by atoms with Gasteiger partial charge in [-0.1, -0.05) is 26.0 Å². The molecule has 0 saturated carbocycles. The molecule has 23 heavy (non-hydrogen) atoms. The maximum absolute atomic E-state index is 14.0. The lowest BCUT2D eigenvalue weighted by molar-refractivity contribution is -0.142. The summed E-state index contributed by atoms with van der Waals surface area (Å²) in [7, 11) is 0. The van der Waals surface area contributed by atoms with Crippen molar-refractivity contribution >= 4 is 0 Å². The molecule has 1 aromatic rings. The molecular formula is C16H22F4N2O. The van der Waals surface area contributed by atoms with Crippen LogP contribution in [0.25, 0.3) is 0 Å². The van der Waals surface area contributed by atoms with Crippen molar-refractivity contribution in [2.45, 2.75) is 26.1 Å². The van der Waals surface area contributed by atoms with Gasteiger partial charge in [-0.05, 0) is 11.6 Å². The summed E-state index contributed by atoms with van der Waals surface area (Å²) < 4.78 is 54.1. The largest absolute Gasteiger partial charge is 0.419 e. The van der Waals surface area contributed by atoms with Crippen LogP contribution in [0.1, 0.15) is 31.0 Å². The van der Waals surface area contributed by atoms with Crippen LogP contribution in [0.15, 0.2) is 18.2 Å². The van der Waals surface area contributed by atoms with Gasteiger partial charge >= 0.3 is 6.18 Å². The highest BCUT2D eigenvalue weighted by Gasteiger charge is 2.44. The fourth-order valence-electron chi connectivity index (χ4n) is 3.21. The molecule has 0 radical (unpaired) electrons. The average molecular weight is 334 g/mol. The van der Waals surface area contributed by atoms with E-state index in [1.807, 2.05) is 4.90 Å². The van der Waals surface area contributed by atoms with E-state index in [1.165, 1.54) is 12.1 Å². The molecule has 1 saturated heterocycles. The van der Waals surface area contributed by atoms with Gasteiger partial charge in [0.2, 0.25) is 0 Å². The second-order valence-electron chi connectivity index (χ2n) is 6.54. The predicted octanol–water partition coefficient (Wildman–Crippen LogP) is 2.81. The number of benzene rings is 1. The molecule has 7 heteroatoms. The summed E-state index contributed by atoms with van der Waals surface area (Å²) in [5.41, 5.74) is -2.19. The van der Waals surface area contributed by atoms with Crippen molar-refractivity contribution in [1.29, 1.82) is 0 Å². The Bertz CT molecular complexity index is 539. The van der Waals surface area contributed by atoms with Crippen LogP contribution in [0.3, 0.4) is 0 Å². The fraction of sp³-hybridized carbons (Fsp3) is 0.625. The van der Waals surface area contributed by atoms with Crippen LogP contribution in [-0.2, 0) is 6.18 Å². The third kappa shape index (κ3) is 3.84. The lowest BCUT2D eigenvalue weighted by atomic mass is 9.78. The van der Waals surface area contributed by atoms with E-state index in [-0.39, 0.29) is 12.2 Å². The van der Waals surface area contributed by atoms with Crippen LogP contribution in [-0.4, -0.2) is 42.8 Å². The second kappa shape index (κ2) is 6.75. The molecule has 1 heterocycles. The number of aliphatic hydroxyl groups is 1. The summed E-state index contributed by atoms with van der Waals surface area (Å²) in [6.45, 7) is 5.48. The van der Waals surface area contributed by atoms with Crippen LogP contribution in [0, 0.1) is 11.2 Å². The van der Waals surface area contributed by atoms with Crippen LogP contribution >= 0.6 is 0 Å². The molecule has 0 spiro atoms. The zero-order chi connectivity index (χ0) is 17.3. The van der Waals surface area contributed by atoms with Gasteiger partial charge in [0.25, 0.3) is 0 Å². The Hall–Kier alpha value is -1.18. The highest BCUT2D eigenvalue weighted by atomic mass is 19.4. The number of aliphatic hydroxyl groups excluding tert-OH is 1. The van der Waals surface area contributed by atoms with Crippen molar-refractivity contribution in [3.63, 3.8) is 0 Å². The van der Waals surface area contributed by atoms with E-state index in [1.54, 1.807) is 13.8 Å². The van der Waals surface area contributed by atoms with E-state index in [4.69, 9.17) is 0 Å². The Kier molecular flexibility index (Phi) is 5.33. The monoisotopic (exact) mass is 334 g/mol. The van der Waals surface area contributed by atoms with Gasteiger partial charge in [-0.15, -0.1) is 0 Å². The van der Waals surface area contributed by atoms with Crippen molar-refractivity contribution in [2.24, 2.45) is 5.41 Å². The van der Waals surface area contributed by atoms with Crippen LogP contribution in [0.2, 0.25) is 0 Å². The van der Waals surface area contributed by atoms with Crippen molar-refractivity contribution in [3.8, 4) is 0 Å². The molecule has 130 valence electrons. The third-order valence-electron chi connectivity index (χ3n) is 4.29. The molecule has 0 bridgehead atoms. The minimum atomic E-state index is -4.78. The maximum Gasteiger partial charge on any atom is 0.419 e. The number of halogens is 4. The molecular weight excluding hydrogens is 312 g/mol. The number of hydrogen-bond donors (Lipinski definition) is 2. The summed E-state index contributed by atoms with van der Waals surface area (Å²) >= 11 is 0. The first-order chi connectivity index (χ1) is 10.7. The number of piperazine rings is 1. The molecule has 2 N–H and O–H groups in total. The summed E-state index contributed by atoms with van der Waals surface area (Å²) in [6, 6.07) is 2.72. The SMILES string of the molecule is CC(C)(CO)[C@@H](c1cccc(F)c1C(F)(F)F)N1CCNCC1. The first-order valence-corrected chi connectivity index (χ1v) is 7.59. The van der Waals surface area contributed by atoms with Gasteiger partial charge in [0.15, 0.2) is 0 Å². The number of hydrogen-bond acceptors (Lipinski definition) is 3. The topological polar surface area (TPSA) is 35.5 Å². The highest BCUT2D eigenvalue weighted by molar-refractivity contribution is 5.35. The Morgan fingerprint density at radius 3 is 2.35 bits per heavy atom. The van der Waals surface area contributed by atoms with E-state index in [2.05, 4.69) is 5.32 Å². The fourth-order valence-corrected chi connectivity index (χ4v) is 3.21.